The van der Waals surface area contributed by atoms with Gasteiger partial charge in [0.25, 0.3) is 0 Å². The van der Waals surface area contributed by atoms with Gasteiger partial charge in [-0.2, -0.15) is 13.2 Å². The van der Waals surface area contributed by atoms with E-state index < -0.39 is 35.6 Å². The van der Waals surface area contributed by atoms with Crippen LogP contribution in [0, 0.1) is 0 Å². The molecule has 2 heterocycles. The molecule has 2 rings (SSSR count). The SMILES string of the molecule is CC(C)(C)OC(=O)N1CCN(c2ccc(C(F)(F)F)nc2)C[C@H]1C(=O)O. The van der Waals surface area contributed by atoms with Crippen LogP contribution in [0.1, 0.15) is 26.5 Å². The number of carboxylic acid groups (broad SMARTS) is 1. The van der Waals surface area contributed by atoms with E-state index in [1.807, 2.05) is 0 Å². The topological polar surface area (TPSA) is 83.0 Å². The summed E-state index contributed by atoms with van der Waals surface area (Å²) in [4.78, 5) is 29.8. The lowest BCUT2D eigenvalue weighted by atomic mass is 10.1. The van der Waals surface area contributed by atoms with E-state index in [9.17, 15) is 27.9 Å². The fourth-order valence-corrected chi connectivity index (χ4v) is 2.51. The van der Waals surface area contributed by atoms with E-state index in [0.717, 1.165) is 17.2 Å². The van der Waals surface area contributed by atoms with Gasteiger partial charge >= 0.3 is 18.2 Å². The van der Waals surface area contributed by atoms with Crippen LogP contribution in [0.3, 0.4) is 0 Å². The molecule has 144 valence electrons. The highest BCUT2D eigenvalue weighted by molar-refractivity contribution is 5.81. The van der Waals surface area contributed by atoms with Crippen LogP contribution in [0.15, 0.2) is 18.3 Å². The average molecular weight is 375 g/mol. The van der Waals surface area contributed by atoms with Gasteiger partial charge in [0.2, 0.25) is 0 Å². The first-order valence-corrected chi connectivity index (χ1v) is 7.89. The van der Waals surface area contributed by atoms with Crippen LogP contribution in [0.2, 0.25) is 0 Å². The number of anilines is 1. The van der Waals surface area contributed by atoms with Crippen molar-refractivity contribution in [2.24, 2.45) is 0 Å². The van der Waals surface area contributed by atoms with Crippen LogP contribution in [0.25, 0.3) is 0 Å². The highest BCUT2D eigenvalue weighted by Crippen LogP contribution is 2.29. The lowest BCUT2D eigenvalue weighted by Crippen LogP contribution is -2.59. The summed E-state index contributed by atoms with van der Waals surface area (Å²) in [5, 5.41) is 9.43. The number of rotatable bonds is 2. The predicted molar refractivity (Wildman–Crippen MR) is 85.8 cm³/mol. The molecule has 1 fully saturated rings. The molecule has 1 N–H and O–H groups in total. The van der Waals surface area contributed by atoms with Crippen LogP contribution in [0.4, 0.5) is 23.7 Å². The Morgan fingerprint density at radius 2 is 1.88 bits per heavy atom. The van der Waals surface area contributed by atoms with E-state index in [1.165, 1.54) is 6.07 Å². The zero-order valence-corrected chi connectivity index (χ0v) is 14.6. The minimum absolute atomic E-state index is 0.0624. The Bertz CT molecular complexity index is 671. The number of hydrogen-bond acceptors (Lipinski definition) is 5. The van der Waals surface area contributed by atoms with Gasteiger partial charge in [-0.05, 0) is 32.9 Å². The molecular formula is C16H20F3N3O4. The second-order valence-corrected chi connectivity index (χ2v) is 6.87. The number of nitrogens with zero attached hydrogens (tertiary/aromatic N) is 3. The van der Waals surface area contributed by atoms with Crippen molar-refractivity contribution in [2.45, 2.75) is 38.6 Å². The van der Waals surface area contributed by atoms with Crippen LogP contribution in [-0.2, 0) is 15.7 Å². The minimum atomic E-state index is -4.54. The Morgan fingerprint density at radius 3 is 2.35 bits per heavy atom. The number of halogens is 3. The number of carbonyl (C=O) groups is 2. The fraction of sp³-hybridized carbons (Fsp3) is 0.562. The first kappa shape index (κ1) is 19.8. The van der Waals surface area contributed by atoms with Crippen molar-refractivity contribution in [3.63, 3.8) is 0 Å². The molecule has 7 nitrogen and oxygen atoms in total. The zero-order chi connectivity index (χ0) is 19.7. The number of alkyl halides is 3. The number of pyridine rings is 1. The van der Waals surface area contributed by atoms with Gasteiger partial charge < -0.3 is 14.7 Å². The molecule has 0 unspecified atom stereocenters. The molecular weight excluding hydrogens is 355 g/mol. The Labute approximate surface area is 148 Å². The van der Waals surface area contributed by atoms with Crippen molar-refractivity contribution in [1.29, 1.82) is 0 Å². The van der Waals surface area contributed by atoms with Gasteiger partial charge in [-0.15, -0.1) is 0 Å². The molecule has 0 bridgehead atoms. The quantitative estimate of drug-likeness (QED) is 0.856. The number of amides is 1. The Hall–Kier alpha value is -2.52. The Morgan fingerprint density at radius 1 is 1.23 bits per heavy atom. The molecule has 1 aromatic heterocycles. The molecule has 10 heteroatoms. The van der Waals surface area contributed by atoms with Crippen LogP contribution in [0.5, 0.6) is 0 Å². The summed E-state index contributed by atoms with van der Waals surface area (Å²) in [7, 11) is 0. The standard InChI is InChI=1S/C16H20F3N3O4/c1-15(2,3)26-14(25)22-7-6-21(9-11(22)13(23)24)10-4-5-12(20-8-10)16(17,18)19/h4-5,8,11H,6-7,9H2,1-3H3,(H,23,24)/t11-/m0/s1. The summed E-state index contributed by atoms with van der Waals surface area (Å²) in [6, 6.07) is 0.893. The number of carboxylic acids is 1. The van der Waals surface area contributed by atoms with Crippen molar-refractivity contribution in [3.05, 3.63) is 24.0 Å². The van der Waals surface area contributed by atoms with Crippen molar-refractivity contribution < 1.29 is 32.6 Å². The van der Waals surface area contributed by atoms with Gasteiger partial charge in [-0.1, -0.05) is 0 Å². The molecule has 0 saturated carbocycles. The van der Waals surface area contributed by atoms with Crippen LogP contribution >= 0.6 is 0 Å². The summed E-state index contributed by atoms with van der Waals surface area (Å²) in [5.74, 6) is -1.22. The molecule has 1 aliphatic rings. The van der Waals surface area contributed by atoms with Crippen molar-refractivity contribution >= 4 is 17.7 Å². The molecule has 1 amide bonds. The lowest BCUT2D eigenvalue weighted by Gasteiger charge is -2.40. The smallest absolute Gasteiger partial charge is 0.433 e. The number of aliphatic carboxylic acids is 1. The molecule has 0 aliphatic carbocycles. The molecule has 1 saturated heterocycles. The predicted octanol–water partition coefficient (Wildman–Crippen LogP) is 2.61. The molecule has 1 aliphatic heterocycles. The molecule has 1 aromatic rings. The number of ether oxygens (including phenoxy) is 1. The normalized spacial score (nSPS) is 18.6. The van der Waals surface area contributed by atoms with Crippen molar-refractivity contribution in [3.8, 4) is 0 Å². The molecule has 1 atom stereocenters. The largest absolute Gasteiger partial charge is 0.480 e. The number of carbonyl (C=O) groups excluding carboxylic acids is 1. The number of aromatic nitrogens is 1. The first-order valence-electron chi connectivity index (χ1n) is 7.89. The van der Waals surface area contributed by atoms with Gasteiger partial charge in [0.15, 0.2) is 0 Å². The summed E-state index contributed by atoms with van der Waals surface area (Å²) >= 11 is 0. The maximum Gasteiger partial charge on any atom is 0.433 e. The van der Waals surface area contributed by atoms with E-state index in [2.05, 4.69) is 4.98 Å². The van der Waals surface area contributed by atoms with E-state index in [1.54, 1.807) is 25.7 Å². The summed E-state index contributed by atoms with van der Waals surface area (Å²) < 4.78 is 43.0. The molecule has 0 spiro atoms. The second-order valence-electron chi connectivity index (χ2n) is 6.87. The van der Waals surface area contributed by atoms with E-state index in [-0.39, 0.29) is 19.6 Å². The van der Waals surface area contributed by atoms with E-state index in [4.69, 9.17) is 4.74 Å². The van der Waals surface area contributed by atoms with E-state index in [0.29, 0.717) is 5.69 Å². The molecule has 0 radical (unpaired) electrons. The van der Waals surface area contributed by atoms with Gasteiger partial charge in [0.1, 0.15) is 17.3 Å². The third kappa shape index (κ3) is 4.77. The number of piperazine rings is 1. The van der Waals surface area contributed by atoms with E-state index >= 15 is 0 Å². The first-order chi connectivity index (χ1) is 11.9. The van der Waals surface area contributed by atoms with Crippen molar-refractivity contribution in [1.82, 2.24) is 9.88 Å². The summed E-state index contributed by atoms with van der Waals surface area (Å²) in [6.45, 7) is 5.24. The maximum absolute atomic E-state index is 12.6. The van der Waals surface area contributed by atoms with Crippen LogP contribution < -0.4 is 4.90 Å². The highest BCUT2D eigenvalue weighted by Gasteiger charge is 2.38. The minimum Gasteiger partial charge on any atom is -0.480 e. The van der Waals surface area contributed by atoms with Gasteiger partial charge in [-0.25, -0.2) is 14.6 Å². The molecule has 26 heavy (non-hydrogen) atoms. The lowest BCUT2D eigenvalue weighted by molar-refractivity contribution is -0.143. The summed E-state index contributed by atoms with van der Waals surface area (Å²) in [6.07, 6.45) is -4.24. The van der Waals surface area contributed by atoms with Crippen LogP contribution in [-0.4, -0.2) is 58.3 Å². The average Bonchev–Trinajstić information content (AvgIpc) is 2.52. The monoisotopic (exact) mass is 375 g/mol. The van der Waals surface area contributed by atoms with Crippen molar-refractivity contribution in [2.75, 3.05) is 24.5 Å². The Balaban J connectivity index is 2.14. The highest BCUT2D eigenvalue weighted by atomic mass is 19.4. The third-order valence-electron chi connectivity index (χ3n) is 3.70. The maximum atomic E-state index is 12.6. The number of hydrogen-bond donors (Lipinski definition) is 1. The fourth-order valence-electron chi connectivity index (χ4n) is 2.51. The second kappa shape index (κ2) is 7.00. The van der Waals surface area contributed by atoms with Gasteiger partial charge in [0, 0.05) is 19.6 Å². The third-order valence-corrected chi connectivity index (χ3v) is 3.70. The molecule has 0 aromatic carbocycles. The van der Waals surface area contributed by atoms with Gasteiger partial charge in [0.05, 0.1) is 11.9 Å². The summed E-state index contributed by atoms with van der Waals surface area (Å²) in [5.41, 5.74) is -1.44. The zero-order valence-electron chi connectivity index (χ0n) is 14.6. The van der Waals surface area contributed by atoms with Gasteiger partial charge in [-0.3, -0.25) is 4.90 Å². The Kier molecular flexibility index (Phi) is 5.33.